The van der Waals surface area contributed by atoms with Crippen LogP contribution in [0.25, 0.3) is 78.2 Å². The van der Waals surface area contributed by atoms with Crippen LogP contribution in [0.1, 0.15) is 58.2 Å². The molecule has 6 aromatic carbocycles. The Morgan fingerprint density at radius 3 is 1.79 bits per heavy atom. The van der Waals surface area contributed by atoms with Crippen molar-refractivity contribution in [3.8, 4) is 72.9 Å². The minimum Gasteiger partial charge on any atom is -0.507 e. The zero-order chi connectivity index (χ0) is 39.4. The maximum Gasteiger partial charge on any atom is 0.144 e. The summed E-state index contributed by atoms with van der Waals surface area (Å²) in [5.74, 6) is 1.02. The molecule has 0 aliphatic rings. The Morgan fingerprint density at radius 2 is 1.11 bits per heavy atom. The van der Waals surface area contributed by atoms with Crippen LogP contribution in [0.3, 0.4) is 0 Å². The quantitative estimate of drug-likeness (QED) is 0.185. The molecule has 0 amide bonds. The minimum absolute atomic E-state index is 0.114. The smallest absolute Gasteiger partial charge is 0.144 e. The third-order valence-corrected chi connectivity index (χ3v) is 11.0. The van der Waals surface area contributed by atoms with Gasteiger partial charge in [0.05, 0.1) is 22.3 Å². The van der Waals surface area contributed by atoms with Crippen molar-refractivity contribution in [1.82, 2.24) is 14.5 Å². The molecule has 0 aliphatic carbocycles. The van der Waals surface area contributed by atoms with Crippen LogP contribution in [0.15, 0.2) is 146 Å². The summed E-state index contributed by atoms with van der Waals surface area (Å²) < 4.78 is 2.12. The highest BCUT2D eigenvalue weighted by Crippen LogP contribution is 2.44. The number of fused-ring (bicyclic) bond motifs is 1. The number of hydrogen-bond acceptors (Lipinski definition) is 3. The second kappa shape index (κ2) is 14.1. The number of hydrogen-bond donors (Lipinski definition) is 1. The fourth-order valence-corrected chi connectivity index (χ4v) is 7.71. The number of para-hydroxylation sites is 1. The minimum atomic E-state index is -0.255. The van der Waals surface area contributed by atoms with Crippen molar-refractivity contribution in [2.45, 2.75) is 59.3 Å². The third-order valence-electron chi connectivity index (χ3n) is 11.0. The van der Waals surface area contributed by atoms with Crippen LogP contribution >= 0.6 is 0 Å². The molecule has 0 saturated heterocycles. The van der Waals surface area contributed by atoms with Crippen LogP contribution in [0, 0.1) is 6.92 Å². The molecule has 2 aromatic heterocycles. The van der Waals surface area contributed by atoms with Crippen LogP contribution < -0.4 is 0 Å². The van der Waals surface area contributed by atoms with Crippen LogP contribution in [-0.2, 0) is 17.9 Å². The second-order valence-electron chi connectivity index (χ2n) is 17.1. The van der Waals surface area contributed by atoms with Gasteiger partial charge in [0.25, 0.3) is 0 Å². The van der Waals surface area contributed by atoms with Gasteiger partial charge in [-0.2, -0.15) is 0 Å². The Morgan fingerprint density at radius 1 is 0.518 bits per heavy atom. The average molecular weight is 732 g/mol. The molecule has 0 atom stereocenters. The molecule has 4 heteroatoms. The first-order valence-corrected chi connectivity index (χ1v) is 19.4. The molecule has 4 nitrogen and oxygen atoms in total. The van der Waals surface area contributed by atoms with E-state index in [0.717, 1.165) is 78.2 Å². The van der Waals surface area contributed by atoms with Gasteiger partial charge in [-0.1, -0.05) is 139 Å². The number of aryl methyl sites for hydroxylation is 2. The van der Waals surface area contributed by atoms with Gasteiger partial charge in [0.2, 0.25) is 0 Å². The Kier molecular flexibility index (Phi) is 9.25. The predicted octanol–water partition coefficient (Wildman–Crippen LogP) is 13.6. The van der Waals surface area contributed by atoms with E-state index in [0.29, 0.717) is 0 Å². The third kappa shape index (κ3) is 6.92. The van der Waals surface area contributed by atoms with Crippen LogP contribution in [-0.4, -0.2) is 19.6 Å². The monoisotopic (exact) mass is 731 g/mol. The van der Waals surface area contributed by atoms with Crippen LogP contribution in [0.2, 0.25) is 0 Å². The lowest BCUT2D eigenvalue weighted by molar-refractivity contribution is 0.446. The summed E-state index contributed by atoms with van der Waals surface area (Å²) in [7, 11) is 2.05. The number of aromatic hydroxyl groups is 1. The van der Waals surface area contributed by atoms with Crippen molar-refractivity contribution in [2.75, 3.05) is 0 Å². The fraction of sp³-hybridized carbons (Fsp3) is 0.192. The number of rotatable bonds is 6. The highest BCUT2D eigenvalue weighted by Gasteiger charge is 2.27. The van der Waals surface area contributed by atoms with E-state index in [1.807, 2.05) is 13.2 Å². The number of imidazole rings is 1. The van der Waals surface area contributed by atoms with E-state index in [4.69, 9.17) is 9.97 Å². The van der Waals surface area contributed by atoms with Gasteiger partial charge in [-0.3, -0.25) is 4.98 Å². The maximum atomic E-state index is 11.9. The van der Waals surface area contributed by atoms with E-state index in [2.05, 4.69) is 193 Å². The van der Waals surface area contributed by atoms with Gasteiger partial charge in [-0.05, 0) is 110 Å². The molecule has 8 aromatic rings. The van der Waals surface area contributed by atoms with Gasteiger partial charge >= 0.3 is 0 Å². The molecular weight excluding hydrogens is 683 g/mol. The summed E-state index contributed by atoms with van der Waals surface area (Å²) in [6.07, 6.45) is 1.98. The van der Waals surface area contributed by atoms with Crippen molar-refractivity contribution < 1.29 is 5.11 Å². The van der Waals surface area contributed by atoms with Crippen LogP contribution in [0.5, 0.6) is 5.75 Å². The predicted molar refractivity (Wildman–Crippen MR) is 235 cm³/mol. The van der Waals surface area contributed by atoms with Gasteiger partial charge in [-0.25, -0.2) is 4.98 Å². The molecule has 0 radical (unpaired) electrons. The highest BCUT2D eigenvalue weighted by molar-refractivity contribution is 5.97. The maximum absolute atomic E-state index is 11.9. The number of benzene rings is 6. The average Bonchev–Trinajstić information content (AvgIpc) is 3.53. The summed E-state index contributed by atoms with van der Waals surface area (Å²) in [6, 6.07) is 49.5. The lowest BCUT2D eigenvalue weighted by Crippen LogP contribution is -2.17. The molecule has 1 N–H and O–H groups in total. The first kappa shape index (κ1) is 36.7. The Balaban J connectivity index is 1.35. The molecule has 8 rings (SSSR count). The molecule has 0 bridgehead atoms. The van der Waals surface area contributed by atoms with Gasteiger partial charge in [0, 0.05) is 29.9 Å². The van der Waals surface area contributed by atoms with Gasteiger partial charge in [-0.15, -0.1) is 0 Å². The number of phenolic OH excluding ortho intramolecular Hbond substituents is 1. The molecule has 0 unspecified atom stereocenters. The molecule has 56 heavy (non-hydrogen) atoms. The number of aromatic nitrogens is 3. The summed E-state index contributed by atoms with van der Waals surface area (Å²) in [5, 5.41) is 11.9. The van der Waals surface area contributed by atoms with E-state index < -0.39 is 0 Å². The normalized spacial score (nSPS) is 12.0. The first-order chi connectivity index (χ1) is 26.8. The second-order valence-corrected chi connectivity index (χ2v) is 17.1. The van der Waals surface area contributed by atoms with E-state index in [-0.39, 0.29) is 16.6 Å². The Labute approximate surface area is 331 Å². The van der Waals surface area contributed by atoms with Gasteiger partial charge in [0.1, 0.15) is 11.6 Å². The van der Waals surface area contributed by atoms with E-state index in [9.17, 15) is 5.11 Å². The van der Waals surface area contributed by atoms with Gasteiger partial charge < -0.3 is 9.67 Å². The molecule has 0 aliphatic heterocycles. The van der Waals surface area contributed by atoms with E-state index in [1.165, 1.54) is 16.7 Å². The largest absolute Gasteiger partial charge is 0.507 e. The van der Waals surface area contributed by atoms with Crippen molar-refractivity contribution in [1.29, 1.82) is 0 Å². The topological polar surface area (TPSA) is 50.9 Å². The van der Waals surface area contributed by atoms with Crippen molar-refractivity contribution in [3.63, 3.8) is 0 Å². The van der Waals surface area contributed by atoms with Crippen molar-refractivity contribution >= 4 is 11.0 Å². The van der Waals surface area contributed by atoms with Crippen molar-refractivity contribution in [2.24, 2.45) is 7.05 Å². The number of pyridine rings is 1. The standard InChI is InChI=1S/C52H49N3O/c1-33-32-53-46(31-43(33)35-19-13-10-14-20-35)40-27-38(37-22-15-21-36(25-37)34-17-11-9-12-18-34)26-39(28-40)42-23-16-24-47-48(42)54-50(55(47)8)44-29-41(51(2,3)4)30-45(49(44)56)52(5,6)7/h9-32,56H,1-8H3. The lowest BCUT2D eigenvalue weighted by Gasteiger charge is -2.27. The lowest BCUT2D eigenvalue weighted by atomic mass is 9.79. The molecular formula is C52H49N3O. The number of nitrogens with zero attached hydrogens (tertiary/aromatic N) is 3. The summed E-state index contributed by atoms with van der Waals surface area (Å²) >= 11 is 0. The molecule has 278 valence electrons. The highest BCUT2D eigenvalue weighted by atomic mass is 16.3. The zero-order valence-electron chi connectivity index (χ0n) is 33.6. The summed E-state index contributed by atoms with van der Waals surface area (Å²) in [5.41, 5.74) is 16.4. The molecule has 2 heterocycles. The van der Waals surface area contributed by atoms with Crippen molar-refractivity contribution in [3.05, 3.63) is 162 Å². The zero-order valence-corrected chi connectivity index (χ0v) is 33.6. The number of phenols is 1. The first-order valence-electron chi connectivity index (χ1n) is 19.4. The molecule has 0 fully saturated rings. The Bertz CT molecular complexity index is 2730. The summed E-state index contributed by atoms with van der Waals surface area (Å²) in [6.45, 7) is 15.2. The van der Waals surface area contributed by atoms with E-state index >= 15 is 0 Å². The molecule has 0 spiro atoms. The summed E-state index contributed by atoms with van der Waals surface area (Å²) in [4.78, 5) is 10.4. The van der Waals surface area contributed by atoms with Gasteiger partial charge in [0.15, 0.2) is 0 Å². The molecule has 0 saturated carbocycles. The Hall–Kier alpha value is -6.26. The van der Waals surface area contributed by atoms with Crippen LogP contribution in [0.4, 0.5) is 0 Å². The SMILES string of the molecule is Cc1cnc(-c2cc(-c3cccc(-c4ccccc4)c3)cc(-c3cccc4c3nc(-c3cc(C(C)(C)C)cc(C(C)(C)C)c3O)n4C)c2)cc1-c1ccccc1. The van der Waals surface area contributed by atoms with E-state index in [1.54, 1.807) is 0 Å². The fourth-order valence-electron chi connectivity index (χ4n) is 7.71.